The minimum absolute atomic E-state index is 0.403. The molecule has 0 saturated heterocycles. The van der Waals surface area contributed by atoms with Gasteiger partial charge in [0.1, 0.15) is 0 Å². The number of hydrogen-bond acceptors (Lipinski definition) is 0. The van der Waals surface area contributed by atoms with E-state index >= 15 is 0 Å². The van der Waals surface area contributed by atoms with E-state index in [1.54, 1.807) is 0 Å². The van der Waals surface area contributed by atoms with Gasteiger partial charge in [-0.1, -0.05) is 36.4 Å². The van der Waals surface area contributed by atoms with Crippen molar-refractivity contribution < 1.29 is 4.57 Å². The van der Waals surface area contributed by atoms with Crippen LogP contribution in [0.2, 0.25) is 0 Å². The van der Waals surface area contributed by atoms with E-state index in [1.807, 2.05) is 0 Å². The van der Waals surface area contributed by atoms with E-state index in [-0.39, 0.29) is 0 Å². The summed E-state index contributed by atoms with van der Waals surface area (Å²) in [6, 6.07) is 24.4. The van der Waals surface area contributed by atoms with E-state index in [0.29, 0.717) is 6.04 Å². The largest absolute Gasteiger partial charge is 0.213 e. The average Bonchev–Trinajstić information content (AvgIpc) is 2.82. The van der Waals surface area contributed by atoms with Gasteiger partial charge in [-0.2, -0.15) is 4.57 Å². The molecule has 0 bridgehead atoms. The number of rotatable bonds is 1. The van der Waals surface area contributed by atoms with Crippen LogP contribution in [-0.4, -0.2) is 0 Å². The summed E-state index contributed by atoms with van der Waals surface area (Å²) in [5.74, 6) is 0. The Labute approximate surface area is 125 Å². The molecule has 1 nitrogen and oxygen atoms in total. The first-order valence-electron chi connectivity index (χ1n) is 7.46. The molecular weight excluding hydrogens is 254 g/mol. The van der Waals surface area contributed by atoms with Gasteiger partial charge >= 0.3 is 0 Å². The first-order valence-corrected chi connectivity index (χ1v) is 7.46. The van der Waals surface area contributed by atoms with Crippen LogP contribution >= 0.6 is 0 Å². The fraction of sp³-hybridized carbons (Fsp3) is 0.150. The number of hydrogen-bond donors (Lipinski definition) is 0. The van der Waals surface area contributed by atoms with Crippen LogP contribution < -0.4 is 4.57 Å². The van der Waals surface area contributed by atoms with Gasteiger partial charge in [0.05, 0.1) is 5.56 Å². The van der Waals surface area contributed by atoms with Crippen molar-refractivity contribution >= 4 is 0 Å². The Bertz CT molecular complexity index is 818. The third-order valence-electron chi connectivity index (χ3n) is 4.50. The fourth-order valence-electron chi connectivity index (χ4n) is 3.45. The fourth-order valence-corrected chi connectivity index (χ4v) is 3.45. The van der Waals surface area contributed by atoms with Gasteiger partial charge in [-0.3, -0.25) is 0 Å². The van der Waals surface area contributed by atoms with E-state index in [0.717, 1.165) is 0 Å². The van der Waals surface area contributed by atoms with Gasteiger partial charge in [-0.15, -0.1) is 0 Å². The van der Waals surface area contributed by atoms with Crippen LogP contribution in [0, 0.1) is 6.92 Å². The molecule has 1 heteroatoms. The molecule has 1 unspecified atom stereocenters. The highest BCUT2D eigenvalue weighted by Gasteiger charge is 2.34. The lowest BCUT2D eigenvalue weighted by Gasteiger charge is -2.06. The van der Waals surface area contributed by atoms with E-state index < -0.39 is 0 Å². The molecule has 0 fully saturated rings. The molecule has 1 aliphatic rings. The summed E-state index contributed by atoms with van der Waals surface area (Å²) in [4.78, 5) is 0. The van der Waals surface area contributed by atoms with Crippen molar-refractivity contribution in [2.24, 2.45) is 0 Å². The Kier molecular flexibility index (Phi) is 2.68. The van der Waals surface area contributed by atoms with Gasteiger partial charge in [-0.25, -0.2) is 0 Å². The number of benzene rings is 2. The van der Waals surface area contributed by atoms with Crippen LogP contribution in [0.25, 0.3) is 22.4 Å². The SMILES string of the molecule is Cc1cccc2[n+]1C(C)c1cc(-c3ccccc3)ccc1-2. The van der Waals surface area contributed by atoms with Crippen LogP contribution in [0.1, 0.15) is 24.2 Å². The predicted octanol–water partition coefficient (Wildman–Crippen LogP) is 4.54. The number of fused-ring (bicyclic) bond motifs is 3. The summed E-state index contributed by atoms with van der Waals surface area (Å²) in [5.41, 5.74) is 8.02. The van der Waals surface area contributed by atoms with Crippen molar-refractivity contribution in [2.45, 2.75) is 19.9 Å². The normalized spacial score (nSPS) is 15.6. The van der Waals surface area contributed by atoms with Gasteiger partial charge < -0.3 is 0 Å². The molecule has 0 aliphatic carbocycles. The number of nitrogens with zero attached hydrogens (tertiary/aromatic N) is 1. The van der Waals surface area contributed by atoms with Gasteiger partial charge in [0.15, 0.2) is 11.7 Å². The Morgan fingerprint density at radius 3 is 2.43 bits per heavy atom. The molecule has 4 rings (SSSR count). The Balaban J connectivity index is 1.90. The molecule has 0 radical (unpaired) electrons. The maximum atomic E-state index is 2.43. The second-order valence-corrected chi connectivity index (χ2v) is 5.77. The number of aryl methyl sites for hydroxylation is 1. The smallest absolute Gasteiger partial charge is 0.189 e. The molecule has 1 aromatic heterocycles. The molecule has 0 saturated carbocycles. The van der Waals surface area contributed by atoms with Crippen LogP contribution in [0.3, 0.4) is 0 Å². The lowest BCUT2D eigenvalue weighted by atomic mass is 9.97. The van der Waals surface area contributed by atoms with Gasteiger partial charge in [0.25, 0.3) is 0 Å². The monoisotopic (exact) mass is 272 g/mol. The zero-order valence-electron chi connectivity index (χ0n) is 12.4. The maximum absolute atomic E-state index is 2.43. The summed E-state index contributed by atoms with van der Waals surface area (Å²) in [6.07, 6.45) is 0. The minimum atomic E-state index is 0.403. The quantitative estimate of drug-likeness (QED) is 0.573. The van der Waals surface area contributed by atoms with E-state index in [9.17, 15) is 0 Å². The van der Waals surface area contributed by atoms with E-state index in [1.165, 1.54) is 33.6 Å². The second-order valence-electron chi connectivity index (χ2n) is 5.77. The highest BCUT2D eigenvalue weighted by molar-refractivity contribution is 5.72. The summed E-state index contributed by atoms with van der Waals surface area (Å²) in [7, 11) is 0. The van der Waals surface area contributed by atoms with E-state index in [4.69, 9.17) is 0 Å². The molecule has 102 valence electrons. The molecule has 2 heterocycles. The third-order valence-corrected chi connectivity index (χ3v) is 4.50. The zero-order chi connectivity index (χ0) is 14.4. The lowest BCUT2D eigenvalue weighted by Crippen LogP contribution is -2.39. The van der Waals surface area contributed by atoms with Gasteiger partial charge in [-0.05, 0) is 29.3 Å². The molecule has 1 aliphatic heterocycles. The number of pyridine rings is 1. The second kappa shape index (κ2) is 4.56. The first-order chi connectivity index (χ1) is 10.3. The molecule has 21 heavy (non-hydrogen) atoms. The van der Waals surface area contributed by atoms with Crippen LogP contribution in [0.15, 0.2) is 66.7 Å². The Morgan fingerprint density at radius 2 is 1.62 bits per heavy atom. The molecule has 3 aromatic rings. The Morgan fingerprint density at radius 1 is 0.810 bits per heavy atom. The molecular formula is C20H18N+. The zero-order valence-corrected chi connectivity index (χ0v) is 12.4. The maximum Gasteiger partial charge on any atom is 0.213 e. The van der Waals surface area contributed by atoms with Crippen molar-refractivity contribution in [1.82, 2.24) is 0 Å². The molecule has 0 spiro atoms. The lowest BCUT2D eigenvalue weighted by molar-refractivity contribution is -0.700. The summed E-state index contributed by atoms with van der Waals surface area (Å²) < 4.78 is 2.43. The molecule has 1 atom stereocenters. The third kappa shape index (κ3) is 1.81. The van der Waals surface area contributed by atoms with Crippen LogP contribution in [0.5, 0.6) is 0 Å². The molecule has 0 N–H and O–H groups in total. The average molecular weight is 272 g/mol. The number of aromatic nitrogens is 1. The van der Waals surface area contributed by atoms with Crippen molar-refractivity contribution in [3.63, 3.8) is 0 Å². The molecule has 2 aromatic carbocycles. The topological polar surface area (TPSA) is 3.88 Å². The highest BCUT2D eigenvalue weighted by atomic mass is 15.0. The van der Waals surface area contributed by atoms with Gasteiger partial charge in [0.2, 0.25) is 5.69 Å². The van der Waals surface area contributed by atoms with Crippen LogP contribution in [0.4, 0.5) is 0 Å². The summed E-state index contributed by atoms with van der Waals surface area (Å²) in [6.45, 7) is 4.47. The minimum Gasteiger partial charge on any atom is -0.189 e. The highest BCUT2D eigenvalue weighted by Crippen LogP contribution is 2.36. The van der Waals surface area contributed by atoms with Crippen molar-refractivity contribution in [3.05, 3.63) is 78.0 Å². The summed E-state index contributed by atoms with van der Waals surface area (Å²) >= 11 is 0. The standard InChI is InChI=1S/C20H18N/c1-14-7-6-10-20-18-12-11-17(16-8-4-3-5-9-16)13-19(18)15(2)21(14)20/h3-13,15H,1-2H3/q+1. The van der Waals surface area contributed by atoms with Crippen LogP contribution in [-0.2, 0) is 0 Å². The predicted molar refractivity (Wildman–Crippen MR) is 86.1 cm³/mol. The van der Waals surface area contributed by atoms with Crippen molar-refractivity contribution in [1.29, 1.82) is 0 Å². The van der Waals surface area contributed by atoms with Gasteiger partial charge in [0, 0.05) is 31.5 Å². The van der Waals surface area contributed by atoms with Crippen molar-refractivity contribution in [2.75, 3.05) is 0 Å². The van der Waals surface area contributed by atoms with E-state index in [2.05, 4.69) is 85.1 Å². The summed E-state index contributed by atoms with van der Waals surface area (Å²) in [5, 5.41) is 0. The molecule has 0 amide bonds. The first kappa shape index (κ1) is 12.3. The Hall–Kier alpha value is -2.41. The van der Waals surface area contributed by atoms with Crippen molar-refractivity contribution in [3.8, 4) is 22.4 Å².